The second-order valence-electron chi connectivity index (χ2n) is 4.21. The van der Waals surface area contributed by atoms with Gasteiger partial charge in [0, 0.05) is 15.6 Å². The third-order valence-corrected chi connectivity index (χ3v) is 3.37. The van der Waals surface area contributed by atoms with E-state index in [-0.39, 0.29) is 0 Å². The molecule has 3 rings (SSSR count). The Morgan fingerprint density at radius 2 is 1.72 bits per heavy atom. The number of H-pyrrole nitrogens is 1. The minimum atomic E-state index is 0.695. The summed E-state index contributed by atoms with van der Waals surface area (Å²) in [4.78, 5) is 7.82. The van der Waals surface area contributed by atoms with Crippen molar-refractivity contribution in [2.75, 3.05) is 0 Å². The number of rotatable bonds is 1. The Kier molecular flexibility index (Phi) is 2.77. The minimum absolute atomic E-state index is 0.695. The van der Waals surface area contributed by atoms with Gasteiger partial charge >= 0.3 is 0 Å². The number of halogens is 2. The molecule has 2 aromatic carbocycles. The molecule has 90 valence electrons. The van der Waals surface area contributed by atoms with E-state index in [1.165, 1.54) is 0 Å². The summed E-state index contributed by atoms with van der Waals surface area (Å²) in [5.41, 5.74) is 3.96. The molecule has 0 aliphatic heterocycles. The third-order valence-electron chi connectivity index (χ3n) is 2.90. The number of nitrogens with zero attached hydrogens (tertiary/aromatic N) is 1. The predicted octanol–water partition coefficient (Wildman–Crippen LogP) is 4.85. The summed E-state index contributed by atoms with van der Waals surface area (Å²) in [6, 6.07) is 11.4. The van der Waals surface area contributed by atoms with Crippen molar-refractivity contribution in [2.24, 2.45) is 0 Å². The summed E-state index contributed by atoms with van der Waals surface area (Å²) in [5.74, 6) is 0.812. The first kappa shape index (κ1) is 11.6. The smallest absolute Gasteiger partial charge is 0.138 e. The number of imidazole rings is 1. The van der Waals surface area contributed by atoms with Crippen LogP contribution in [0.5, 0.6) is 0 Å². The lowest BCUT2D eigenvalue weighted by molar-refractivity contribution is 1.31. The van der Waals surface area contributed by atoms with Crippen molar-refractivity contribution in [2.45, 2.75) is 6.92 Å². The zero-order chi connectivity index (χ0) is 12.7. The molecule has 1 heterocycles. The first-order valence-electron chi connectivity index (χ1n) is 5.55. The van der Waals surface area contributed by atoms with Crippen LogP contribution >= 0.6 is 23.2 Å². The number of aromatic nitrogens is 2. The van der Waals surface area contributed by atoms with Gasteiger partial charge in [-0.15, -0.1) is 0 Å². The first-order chi connectivity index (χ1) is 8.63. The van der Waals surface area contributed by atoms with Crippen LogP contribution in [0.4, 0.5) is 0 Å². The molecule has 0 unspecified atom stereocenters. The van der Waals surface area contributed by atoms with Gasteiger partial charge in [-0.2, -0.15) is 0 Å². The number of fused-ring (bicyclic) bond motifs is 1. The van der Waals surface area contributed by atoms with Crippen LogP contribution in [0.15, 0.2) is 36.4 Å². The van der Waals surface area contributed by atoms with E-state index < -0.39 is 0 Å². The first-order valence-corrected chi connectivity index (χ1v) is 6.31. The lowest BCUT2D eigenvalue weighted by Gasteiger charge is -2.02. The van der Waals surface area contributed by atoms with Crippen molar-refractivity contribution in [3.05, 3.63) is 52.0 Å². The number of aromatic amines is 1. The maximum Gasteiger partial charge on any atom is 0.138 e. The van der Waals surface area contributed by atoms with Crippen molar-refractivity contribution < 1.29 is 0 Å². The van der Waals surface area contributed by atoms with Gasteiger partial charge in [-0.05, 0) is 42.8 Å². The van der Waals surface area contributed by atoms with Crippen LogP contribution in [0.2, 0.25) is 10.0 Å². The number of aryl methyl sites for hydroxylation is 1. The molecular weight excluding hydrogens is 267 g/mol. The van der Waals surface area contributed by atoms with Crippen LogP contribution < -0.4 is 0 Å². The van der Waals surface area contributed by atoms with E-state index in [0.29, 0.717) is 10.0 Å². The van der Waals surface area contributed by atoms with E-state index >= 15 is 0 Å². The second-order valence-corrected chi connectivity index (χ2v) is 5.08. The molecule has 0 atom stereocenters. The van der Waals surface area contributed by atoms with Crippen molar-refractivity contribution in [3.63, 3.8) is 0 Å². The van der Waals surface area contributed by atoms with Crippen molar-refractivity contribution in [1.82, 2.24) is 9.97 Å². The second kappa shape index (κ2) is 4.30. The lowest BCUT2D eigenvalue weighted by Crippen LogP contribution is -1.85. The molecule has 0 saturated carbocycles. The summed E-state index contributed by atoms with van der Waals surface area (Å²) in [6.07, 6.45) is 0. The van der Waals surface area contributed by atoms with Gasteiger partial charge in [0.15, 0.2) is 0 Å². The van der Waals surface area contributed by atoms with Gasteiger partial charge in [-0.25, -0.2) is 4.98 Å². The SMILES string of the molecule is Cc1ccc(Cl)cc1-c1nc2ccc(Cl)cc2[nH]1. The van der Waals surface area contributed by atoms with Gasteiger partial charge in [0.2, 0.25) is 0 Å². The topological polar surface area (TPSA) is 28.7 Å². The highest BCUT2D eigenvalue weighted by Gasteiger charge is 2.08. The largest absolute Gasteiger partial charge is 0.338 e. The quantitative estimate of drug-likeness (QED) is 0.677. The van der Waals surface area contributed by atoms with Crippen LogP contribution in [0.3, 0.4) is 0 Å². The highest BCUT2D eigenvalue weighted by Crippen LogP contribution is 2.27. The van der Waals surface area contributed by atoms with Crippen molar-refractivity contribution >= 4 is 34.2 Å². The predicted molar refractivity (Wildman–Crippen MR) is 76.3 cm³/mol. The maximum absolute atomic E-state index is 6.03. The highest BCUT2D eigenvalue weighted by atomic mass is 35.5. The van der Waals surface area contributed by atoms with Crippen LogP contribution in [-0.4, -0.2) is 9.97 Å². The van der Waals surface area contributed by atoms with Crippen molar-refractivity contribution in [1.29, 1.82) is 0 Å². The Balaban J connectivity index is 2.22. The summed E-state index contributed by atoms with van der Waals surface area (Å²) in [7, 11) is 0. The summed E-state index contributed by atoms with van der Waals surface area (Å²) in [6.45, 7) is 2.03. The molecule has 0 aliphatic rings. The monoisotopic (exact) mass is 276 g/mol. The van der Waals surface area contributed by atoms with E-state index in [1.54, 1.807) is 0 Å². The Labute approximate surface area is 115 Å². The number of benzene rings is 2. The number of hydrogen-bond donors (Lipinski definition) is 1. The molecule has 4 heteroatoms. The average Bonchev–Trinajstić information content (AvgIpc) is 2.74. The van der Waals surface area contributed by atoms with Gasteiger partial charge in [0.25, 0.3) is 0 Å². The van der Waals surface area contributed by atoms with Crippen LogP contribution in [-0.2, 0) is 0 Å². The lowest BCUT2D eigenvalue weighted by atomic mass is 10.1. The van der Waals surface area contributed by atoms with Gasteiger partial charge in [0.1, 0.15) is 5.82 Å². The van der Waals surface area contributed by atoms with Crippen LogP contribution in [0, 0.1) is 6.92 Å². The Morgan fingerprint density at radius 3 is 2.56 bits per heavy atom. The van der Waals surface area contributed by atoms with Gasteiger partial charge in [-0.3, -0.25) is 0 Å². The Bertz CT molecular complexity index is 732. The third kappa shape index (κ3) is 1.98. The van der Waals surface area contributed by atoms with Gasteiger partial charge < -0.3 is 4.98 Å². The molecule has 0 spiro atoms. The molecule has 0 fully saturated rings. The molecule has 0 amide bonds. The molecule has 0 radical (unpaired) electrons. The van der Waals surface area contributed by atoms with Gasteiger partial charge in [-0.1, -0.05) is 29.3 Å². The van der Waals surface area contributed by atoms with E-state index in [4.69, 9.17) is 23.2 Å². The molecule has 1 N–H and O–H groups in total. The van der Waals surface area contributed by atoms with Crippen molar-refractivity contribution in [3.8, 4) is 11.4 Å². The van der Waals surface area contributed by atoms with Crippen LogP contribution in [0.25, 0.3) is 22.4 Å². The highest BCUT2D eigenvalue weighted by molar-refractivity contribution is 6.31. The van der Waals surface area contributed by atoms with Gasteiger partial charge in [0.05, 0.1) is 11.0 Å². The molecule has 2 nitrogen and oxygen atoms in total. The van der Waals surface area contributed by atoms with E-state index in [9.17, 15) is 0 Å². The summed E-state index contributed by atoms with van der Waals surface area (Å²) < 4.78 is 0. The fourth-order valence-electron chi connectivity index (χ4n) is 1.96. The molecule has 18 heavy (non-hydrogen) atoms. The van der Waals surface area contributed by atoms with E-state index in [2.05, 4.69) is 9.97 Å². The van der Waals surface area contributed by atoms with Crippen LogP contribution in [0.1, 0.15) is 5.56 Å². The molecular formula is C14H10Cl2N2. The summed E-state index contributed by atoms with van der Waals surface area (Å²) in [5, 5.41) is 1.40. The normalized spacial score (nSPS) is 11.1. The van der Waals surface area contributed by atoms with E-state index in [1.807, 2.05) is 43.3 Å². The fourth-order valence-corrected chi connectivity index (χ4v) is 2.30. The Hall–Kier alpha value is -1.51. The molecule has 1 aromatic heterocycles. The minimum Gasteiger partial charge on any atom is -0.338 e. The number of hydrogen-bond acceptors (Lipinski definition) is 1. The molecule has 0 bridgehead atoms. The maximum atomic E-state index is 6.03. The zero-order valence-electron chi connectivity index (χ0n) is 9.67. The molecule has 0 aliphatic carbocycles. The van der Waals surface area contributed by atoms with E-state index in [0.717, 1.165) is 28.0 Å². The number of nitrogens with one attached hydrogen (secondary N) is 1. The molecule has 3 aromatic rings. The fraction of sp³-hybridized carbons (Fsp3) is 0.0714. The zero-order valence-corrected chi connectivity index (χ0v) is 11.2. The Morgan fingerprint density at radius 1 is 1.00 bits per heavy atom. The molecule has 0 saturated heterocycles. The summed E-state index contributed by atoms with van der Waals surface area (Å²) >= 11 is 12.0. The average molecular weight is 277 g/mol. The standard InChI is InChI=1S/C14H10Cl2N2/c1-8-2-3-9(15)6-11(8)14-17-12-5-4-10(16)7-13(12)18-14/h2-7H,1H3,(H,17,18).